The molecule has 6 heteroatoms. The zero-order valence-corrected chi connectivity index (χ0v) is 15.5. The lowest BCUT2D eigenvalue weighted by Crippen LogP contribution is -2.40. The fourth-order valence-corrected chi connectivity index (χ4v) is 3.26. The molecular weight excluding hydrogens is 363 g/mol. The normalized spacial score (nSPS) is 16.3. The van der Waals surface area contributed by atoms with Crippen molar-refractivity contribution < 1.29 is 13.9 Å². The predicted octanol–water partition coefficient (Wildman–Crippen LogP) is 4.33. The number of halogens is 2. The number of carbonyl (C=O) groups excluding carboxylic acids is 1. The van der Waals surface area contributed by atoms with Crippen LogP contribution in [0.25, 0.3) is 0 Å². The fourth-order valence-electron chi connectivity index (χ4n) is 2.66. The first-order chi connectivity index (χ1) is 10.7. The Labute approximate surface area is 145 Å². The minimum atomic E-state index is -0.470. The van der Waals surface area contributed by atoms with Gasteiger partial charge in [-0.2, -0.15) is 0 Å². The molecule has 2 rings (SSSR count). The van der Waals surface area contributed by atoms with E-state index in [-0.39, 0.29) is 11.9 Å². The maximum Gasteiger partial charge on any atom is 0.407 e. The molecule has 1 aliphatic heterocycles. The largest absolute Gasteiger partial charge is 0.444 e. The summed E-state index contributed by atoms with van der Waals surface area (Å²) in [4.78, 5) is 13.9. The standard InChI is InChI=1S/C17H24BrFN2O2/c1-17(2,3)23-16(22)20-11-12-6-8-21(9-7-12)15-5-4-13(19)10-14(15)18/h4-5,10,12H,6-9,11H2,1-3H3,(H,20,22). The maximum atomic E-state index is 13.2. The van der Waals surface area contributed by atoms with Crippen molar-refractivity contribution in [2.24, 2.45) is 5.92 Å². The number of carbonyl (C=O) groups is 1. The molecule has 0 unspecified atom stereocenters. The van der Waals surface area contributed by atoms with Crippen LogP contribution >= 0.6 is 15.9 Å². The van der Waals surface area contributed by atoms with Crippen LogP contribution in [0.5, 0.6) is 0 Å². The zero-order chi connectivity index (χ0) is 17.0. The molecule has 1 N–H and O–H groups in total. The third-order valence-corrected chi connectivity index (χ3v) is 4.43. The zero-order valence-electron chi connectivity index (χ0n) is 13.9. The van der Waals surface area contributed by atoms with E-state index in [1.54, 1.807) is 6.07 Å². The second-order valence-electron chi connectivity index (χ2n) is 6.91. The van der Waals surface area contributed by atoms with Crippen molar-refractivity contribution in [3.8, 4) is 0 Å². The van der Waals surface area contributed by atoms with Crippen LogP contribution < -0.4 is 10.2 Å². The first-order valence-corrected chi connectivity index (χ1v) is 8.71. The average Bonchev–Trinajstić information content (AvgIpc) is 2.44. The summed E-state index contributed by atoms with van der Waals surface area (Å²) in [7, 11) is 0. The SMILES string of the molecule is CC(C)(C)OC(=O)NCC1CCN(c2ccc(F)cc2Br)CC1. The van der Waals surface area contributed by atoms with Gasteiger partial charge in [-0.3, -0.25) is 0 Å². The van der Waals surface area contributed by atoms with Gasteiger partial charge in [0.1, 0.15) is 11.4 Å². The van der Waals surface area contributed by atoms with E-state index in [0.717, 1.165) is 36.1 Å². The molecule has 0 aromatic heterocycles. The Kier molecular flexibility index (Phi) is 5.89. The van der Waals surface area contributed by atoms with Crippen molar-refractivity contribution in [2.75, 3.05) is 24.5 Å². The van der Waals surface area contributed by atoms with Gasteiger partial charge in [0.05, 0.1) is 5.69 Å². The van der Waals surface area contributed by atoms with E-state index in [0.29, 0.717) is 12.5 Å². The molecule has 0 aliphatic carbocycles. The van der Waals surface area contributed by atoms with Gasteiger partial charge in [-0.15, -0.1) is 0 Å². The Hall–Kier alpha value is -1.30. The molecule has 1 aliphatic rings. The number of amides is 1. The molecular formula is C17H24BrFN2O2. The molecule has 1 fully saturated rings. The number of piperidine rings is 1. The summed E-state index contributed by atoms with van der Waals surface area (Å²) in [6, 6.07) is 4.78. The molecule has 0 radical (unpaired) electrons. The summed E-state index contributed by atoms with van der Waals surface area (Å²) in [6.07, 6.45) is 1.61. The predicted molar refractivity (Wildman–Crippen MR) is 93.3 cm³/mol. The quantitative estimate of drug-likeness (QED) is 0.840. The van der Waals surface area contributed by atoms with E-state index in [4.69, 9.17) is 4.74 Å². The van der Waals surface area contributed by atoms with Gasteiger partial charge in [-0.05, 0) is 73.7 Å². The van der Waals surface area contributed by atoms with Crippen molar-refractivity contribution >= 4 is 27.7 Å². The smallest absolute Gasteiger partial charge is 0.407 e. The number of rotatable bonds is 3. The summed E-state index contributed by atoms with van der Waals surface area (Å²) >= 11 is 3.42. The van der Waals surface area contributed by atoms with Gasteiger partial charge in [0.2, 0.25) is 0 Å². The number of hydrogen-bond donors (Lipinski definition) is 1. The Bertz CT molecular complexity index is 552. The van der Waals surface area contributed by atoms with Crippen LogP contribution in [0.3, 0.4) is 0 Å². The molecule has 1 aromatic carbocycles. The Morgan fingerprint density at radius 1 is 1.39 bits per heavy atom. The summed E-state index contributed by atoms with van der Waals surface area (Å²) < 4.78 is 19.2. The highest BCUT2D eigenvalue weighted by Crippen LogP contribution is 2.30. The molecule has 128 valence electrons. The second-order valence-corrected chi connectivity index (χ2v) is 7.76. The summed E-state index contributed by atoms with van der Waals surface area (Å²) in [6.45, 7) is 7.98. The Morgan fingerprint density at radius 2 is 2.04 bits per heavy atom. The second kappa shape index (κ2) is 7.51. The van der Waals surface area contributed by atoms with Gasteiger partial charge in [-0.1, -0.05) is 0 Å². The van der Waals surface area contributed by atoms with Crippen molar-refractivity contribution in [3.05, 3.63) is 28.5 Å². The number of anilines is 1. The number of hydrogen-bond acceptors (Lipinski definition) is 3. The number of benzene rings is 1. The van der Waals surface area contributed by atoms with E-state index in [1.807, 2.05) is 20.8 Å². The highest BCUT2D eigenvalue weighted by molar-refractivity contribution is 9.10. The van der Waals surface area contributed by atoms with Crippen LogP contribution in [0.15, 0.2) is 22.7 Å². The summed E-state index contributed by atoms with van der Waals surface area (Å²) in [5.74, 6) is 0.204. The first kappa shape index (κ1) is 18.0. The van der Waals surface area contributed by atoms with E-state index >= 15 is 0 Å². The van der Waals surface area contributed by atoms with Crippen molar-refractivity contribution in [1.29, 1.82) is 0 Å². The fraction of sp³-hybridized carbons (Fsp3) is 0.588. The number of nitrogens with one attached hydrogen (secondary N) is 1. The average molecular weight is 387 g/mol. The van der Waals surface area contributed by atoms with Gasteiger partial charge < -0.3 is 15.0 Å². The first-order valence-electron chi connectivity index (χ1n) is 7.91. The minimum absolute atomic E-state index is 0.239. The monoisotopic (exact) mass is 386 g/mol. The molecule has 0 saturated carbocycles. The summed E-state index contributed by atoms with van der Waals surface area (Å²) in [5, 5.41) is 2.84. The lowest BCUT2D eigenvalue weighted by molar-refractivity contribution is 0.0517. The van der Waals surface area contributed by atoms with Crippen molar-refractivity contribution in [2.45, 2.75) is 39.2 Å². The Balaban J connectivity index is 1.79. The number of ether oxygens (including phenoxy) is 1. The molecule has 23 heavy (non-hydrogen) atoms. The van der Waals surface area contributed by atoms with Gasteiger partial charge in [0.25, 0.3) is 0 Å². The van der Waals surface area contributed by atoms with Crippen LogP contribution in [-0.4, -0.2) is 31.3 Å². The molecule has 0 spiro atoms. The maximum absolute atomic E-state index is 13.2. The minimum Gasteiger partial charge on any atom is -0.444 e. The van der Waals surface area contributed by atoms with Gasteiger partial charge in [0.15, 0.2) is 0 Å². The van der Waals surface area contributed by atoms with Crippen LogP contribution in [0.1, 0.15) is 33.6 Å². The highest BCUT2D eigenvalue weighted by atomic mass is 79.9. The third-order valence-electron chi connectivity index (χ3n) is 3.80. The highest BCUT2D eigenvalue weighted by Gasteiger charge is 2.22. The number of alkyl carbamates (subject to hydrolysis) is 1. The third kappa shape index (κ3) is 5.68. The number of nitrogens with zero attached hydrogens (tertiary/aromatic N) is 1. The van der Waals surface area contributed by atoms with E-state index in [1.165, 1.54) is 12.1 Å². The molecule has 4 nitrogen and oxygen atoms in total. The van der Waals surface area contributed by atoms with Crippen LogP contribution in [0, 0.1) is 11.7 Å². The molecule has 0 atom stereocenters. The molecule has 1 amide bonds. The van der Waals surface area contributed by atoms with E-state index in [9.17, 15) is 9.18 Å². The topological polar surface area (TPSA) is 41.6 Å². The lowest BCUT2D eigenvalue weighted by atomic mass is 9.96. The van der Waals surface area contributed by atoms with E-state index in [2.05, 4.69) is 26.1 Å². The van der Waals surface area contributed by atoms with Gasteiger partial charge >= 0.3 is 6.09 Å². The molecule has 0 bridgehead atoms. The van der Waals surface area contributed by atoms with E-state index < -0.39 is 5.60 Å². The molecule has 1 saturated heterocycles. The summed E-state index contributed by atoms with van der Waals surface area (Å²) in [5.41, 5.74) is 0.549. The van der Waals surface area contributed by atoms with Gasteiger partial charge in [0, 0.05) is 24.1 Å². The van der Waals surface area contributed by atoms with Gasteiger partial charge in [-0.25, -0.2) is 9.18 Å². The molecule has 1 aromatic rings. The lowest BCUT2D eigenvalue weighted by Gasteiger charge is -2.34. The van der Waals surface area contributed by atoms with Crippen LogP contribution in [0.4, 0.5) is 14.9 Å². The van der Waals surface area contributed by atoms with Crippen LogP contribution in [0.2, 0.25) is 0 Å². The van der Waals surface area contributed by atoms with Crippen molar-refractivity contribution in [1.82, 2.24) is 5.32 Å². The Morgan fingerprint density at radius 3 is 2.61 bits per heavy atom. The van der Waals surface area contributed by atoms with Crippen LogP contribution in [-0.2, 0) is 4.74 Å². The van der Waals surface area contributed by atoms with Crippen molar-refractivity contribution in [3.63, 3.8) is 0 Å². The molecule has 1 heterocycles.